The lowest BCUT2D eigenvalue weighted by Crippen LogP contribution is -2.38. The van der Waals surface area contributed by atoms with Crippen LogP contribution < -0.4 is 16.0 Å². The molecule has 3 N–H and O–H groups in total. The summed E-state index contributed by atoms with van der Waals surface area (Å²) in [5.74, 6) is -0.979. The molecule has 1 aliphatic heterocycles. The van der Waals surface area contributed by atoms with Crippen LogP contribution in [-0.2, 0) is 9.59 Å². The highest BCUT2D eigenvalue weighted by atomic mass is 19.1. The number of carbonyl (C=O) groups is 3. The van der Waals surface area contributed by atoms with Gasteiger partial charge in [0.15, 0.2) is 0 Å². The van der Waals surface area contributed by atoms with Gasteiger partial charge in [0.05, 0.1) is 6.04 Å². The first kappa shape index (κ1) is 17.9. The second-order valence-corrected chi connectivity index (χ2v) is 6.97. The lowest BCUT2D eigenvalue weighted by Gasteiger charge is -2.32. The molecule has 130 valence electrons. The molecule has 1 heterocycles. The third kappa shape index (κ3) is 4.53. The first-order valence-corrected chi connectivity index (χ1v) is 7.83. The van der Waals surface area contributed by atoms with Gasteiger partial charge in [-0.25, -0.2) is 9.18 Å². The van der Waals surface area contributed by atoms with Gasteiger partial charge in [0.1, 0.15) is 11.9 Å². The minimum atomic E-state index is -0.679. The average Bonchev–Trinajstić information content (AvgIpc) is 2.80. The van der Waals surface area contributed by atoms with E-state index in [9.17, 15) is 18.8 Å². The van der Waals surface area contributed by atoms with Crippen LogP contribution in [-0.4, -0.2) is 23.9 Å². The lowest BCUT2D eigenvalue weighted by molar-refractivity contribution is -0.123. The Balaban J connectivity index is 1.99. The molecule has 1 saturated heterocycles. The van der Waals surface area contributed by atoms with Gasteiger partial charge in [0.2, 0.25) is 5.91 Å². The zero-order valence-corrected chi connectivity index (χ0v) is 14.0. The van der Waals surface area contributed by atoms with Crippen molar-refractivity contribution in [2.75, 3.05) is 0 Å². The first-order valence-electron chi connectivity index (χ1n) is 7.83. The standard InChI is InChI=1S/C17H22FN3O3/c1-17(2,3)14(10-4-6-11(18)7-5-10)20-13(22)9-8-12-15(23)21-16(24)19-12/h4-7,12,14H,8-9H2,1-3H3,(H,20,22)(H2,19,21,23,24). The van der Waals surface area contributed by atoms with Crippen molar-refractivity contribution < 1.29 is 18.8 Å². The van der Waals surface area contributed by atoms with Crippen molar-refractivity contribution in [3.63, 3.8) is 0 Å². The van der Waals surface area contributed by atoms with Gasteiger partial charge in [-0.05, 0) is 29.5 Å². The summed E-state index contributed by atoms with van der Waals surface area (Å²) < 4.78 is 13.1. The zero-order chi connectivity index (χ0) is 17.9. The van der Waals surface area contributed by atoms with E-state index in [4.69, 9.17) is 0 Å². The number of hydrogen-bond donors (Lipinski definition) is 3. The molecule has 4 amide bonds. The summed E-state index contributed by atoms with van der Waals surface area (Å²) in [5, 5.41) is 7.53. The number of hydrogen-bond acceptors (Lipinski definition) is 3. The molecule has 2 unspecified atom stereocenters. The molecule has 0 bridgehead atoms. The highest BCUT2D eigenvalue weighted by Crippen LogP contribution is 2.32. The molecule has 1 fully saturated rings. The van der Waals surface area contributed by atoms with Crippen LogP contribution in [0.4, 0.5) is 9.18 Å². The molecule has 0 spiro atoms. The number of benzene rings is 1. The number of rotatable bonds is 5. The number of nitrogens with one attached hydrogen (secondary N) is 3. The molecule has 7 heteroatoms. The van der Waals surface area contributed by atoms with E-state index in [1.807, 2.05) is 20.8 Å². The normalized spacial score (nSPS) is 18.8. The Morgan fingerprint density at radius 3 is 2.38 bits per heavy atom. The molecule has 6 nitrogen and oxygen atoms in total. The fourth-order valence-electron chi connectivity index (χ4n) is 2.63. The number of carbonyl (C=O) groups excluding carboxylic acids is 3. The number of halogens is 1. The van der Waals surface area contributed by atoms with Gasteiger partial charge < -0.3 is 10.6 Å². The van der Waals surface area contributed by atoms with Crippen molar-refractivity contribution in [3.8, 4) is 0 Å². The molecular weight excluding hydrogens is 313 g/mol. The maximum atomic E-state index is 13.1. The topological polar surface area (TPSA) is 87.3 Å². The van der Waals surface area contributed by atoms with Gasteiger partial charge in [-0.15, -0.1) is 0 Å². The zero-order valence-electron chi connectivity index (χ0n) is 14.0. The van der Waals surface area contributed by atoms with E-state index in [0.29, 0.717) is 0 Å². The smallest absolute Gasteiger partial charge is 0.322 e. The maximum Gasteiger partial charge on any atom is 0.322 e. The summed E-state index contributed by atoms with van der Waals surface area (Å²) >= 11 is 0. The van der Waals surface area contributed by atoms with Crippen LogP contribution in [0.25, 0.3) is 0 Å². The van der Waals surface area contributed by atoms with E-state index in [1.54, 1.807) is 12.1 Å². The van der Waals surface area contributed by atoms with Crippen molar-refractivity contribution >= 4 is 17.8 Å². The molecule has 0 aromatic heterocycles. The Labute approximate surface area is 140 Å². The van der Waals surface area contributed by atoms with E-state index in [2.05, 4.69) is 16.0 Å². The van der Waals surface area contributed by atoms with Crippen molar-refractivity contribution in [1.82, 2.24) is 16.0 Å². The van der Waals surface area contributed by atoms with Gasteiger partial charge in [-0.2, -0.15) is 0 Å². The predicted molar refractivity (Wildman–Crippen MR) is 86.4 cm³/mol. The van der Waals surface area contributed by atoms with Gasteiger partial charge >= 0.3 is 6.03 Å². The summed E-state index contributed by atoms with van der Waals surface area (Å²) in [7, 11) is 0. The highest BCUT2D eigenvalue weighted by Gasteiger charge is 2.31. The molecule has 2 rings (SSSR count). The largest absolute Gasteiger partial charge is 0.349 e. The summed E-state index contributed by atoms with van der Waals surface area (Å²) in [4.78, 5) is 34.8. The Morgan fingerprint density at radius 2 is 1.88 bits per heavy atom. The average molecular weight is 335 g/mol. The molecule has 0 saturated carbocycles. The fourth-order valence-corrected chi connectivity index (χ4v) is 2.63. The van der Waals surface area contributed by atoms with Crippen LogP contribution in [0, 0.1) is 11.2 Å². The van der Waals surface area contributed by atoms with E-state index in [1.165, 1.54) is 12.1 Å². The Morgan fingerprint density at radius 1 is 1.25 bits per heavy atom. The number of urea groups is 1. The Bertz CT molecular complexity index is 637. The molecule has 1 aromatic rings. The number of imide groups is 1. The Kier molecular flexibility index (Phi) is 5.21. The summed E-state index contributed by atoms with van der Waals surface area (Å²) in [6, 6.07) is 4.51. The van der Waals surface area contributed by atoms with E-state index >= 15 is 0 Å². The molecule has 1 aromatic carbocycles. The first-order chi connectivity index (χ1) is 11.2. The van der Waals surface area contributed by atoms with Gasteiger partial charge in [0, 0.05) is 6.42 Å². The van der Waals surface area contributed by atoms with Gasteiger partial charge in [0.25, 0.3) is 5.91 Å². The number of amides is 4. The third-order valence-electron chi connectivity index (χ3n) is 3.89. The summed E-state index contributed by atoms with van der Waals surface area (Å²) in [6.45, 7) is 5.93. The minimum absolute atomic E-state index is 0.103. The molecule has 0 aliphatic carbocycles. The maximum absolute atomic E-state index is 13.1. The van der Waals surface area contributed by atoms with Crippen LogP contribution in [0.1, 0.15) is 45.2 Å². The van der Waals surface area contributed by atoms with Crippen LogP contribution in [0.15, 0.2) is 24.3 Å². The van der Waals surface area contributed by atoms with Crippen LogP contribution in [0.2, 0.25) is 0 Å². The molecule has 2 atom stereocenters. The molecular formula is C17H22FN3O3. The van der Waals surface area contributed by atoms with Crippen LogP contribution >= 0.6 is 0 Å². The van der Waals surface area contributed by atoms with E-state index in [-0.39, 0.29) is 36.0 Å². The van der Waals surface area contributed by atoms with E-state index < -0.39 is 18.0 Å². The predicted octanol–water partition coefficient (Wildman–Crippen LogP) is 2.02. The van der Waals surface area contributed by atoms with Crippen molar-refractivity contribution in [3.05, 3.63) is 35.6 Å². The lowest BCUT2D eigenvalue weighted by atomic mass is 9.82. The van der Waals surface area contributed by atoms with Crippen molar-refractivity contribution in [2.24, 2.45) is 5.41 Å². The van der Waals surface area contributed by atoms with Crippen molar-refractivity contribution in [2.45, 2.75) is 45.7 Å². The fraction of sp³-hybridized carbons (Fsp3) is 0.471. The summed E-state index contributed by atoms with van der Waals surface area (Å²) in [5.41, 5.74) is 0.538. The Hall–Kier alpha value is -2.44. The summed E-state index contributed by atoms with van der Waals surface area (Å²) in [6.07, 6.45) is 0.329. The highest BCUT2D eigenvalue weighted by molar-refractivity contribution is 6.04. The second kappa shape index (κ2) is 6.98. The van der Waals surface area contributed by atoms with E-state index in [0.717, 1.165) is 5.56 Å². The van der Waals surface area contributed by atoms with Crippen molar-refractivity contribution in [1.29, 1.82) is 0 Å². The second-order valence-electron chi connectivity index (χ2n) is 6.97. The quantitative estimate of drug-likeness (QED) is 0.720. The van der Waals surface area contributed by atoms with Crippen LogP contribution in [0.5, 0.6) is 0 Å². The van der Waals surface area contributed by atoms with Gasteiger partial charge in [-0.3, -0.25) is 14.9 Å². The SMILES string of the molecule is CC(C)(C)C(NC(=O)CCC1NC(=O)NC1=O)c1ccc(F)cc1. The molecule has 1 aliphatic rings. The van der Waals surface area contributed by atoms with Crippen LogP contribution in [0.3, 0.4) is 0 Å². The molecule has 24 heavy (non-hydrogen) atoms. The minimum Gasteiger partial charge on any atom is -0.349 e. The third-order valence-corrected chi connectivity index (χ3v) is 3.89. The molecule has 0 radical (unpaired) electrons. The monoisotopic (exact) mass is 335 g/mol. The van der Waals surface area contributed by atoms with Gasteiger partial charge in [-0.1, -0.05) is 32.9 Å².